The van der Waals surface area contributed by atoms with E-state index in [1.54, 1.807) is 6.07 Å². The molecule has 1 heterocycles. The van der Waals surface area contributed by atoms with Gasteiger partial charge in [0.25, 0.3) is 0 Å². The number of aromatic amines is 1. The summed E-state index contributed by atoms with van der Waals surface area (Å²) in [5.41, 5.74) is 1.63. The van der Waals surface area contributed by atoms with Crippen molar-refractivity contribution in [1.82, 2.24) is 4.98 Å². The van der Waals surface area contributed by atoms with Gasteiger partial charge in [-0.2, -0.15) is 0 Å². The largest absolute Gasteiger partial charge is 0.465 e. The van der Waals surface area contributed by atoms with E-state index in [1.807, 2.05) is 0 Å². The van der Waals surface area contributed by atoms with Crippen LogP contribution >= 0.6 is 0 Å². The van der Waals surface area contributed by atoms with Crippen molar-refractivity contribution in [2.45, 2.75) is 6.92 Å². The van der Waals surface area contributed by atoms with Crippen LogP contribution in [0.3, 0.4) is 0 Å². The number of rotatable bonds is 3. The number of H-pyrrole nitrogens is 1. The normalized spacial score (nSPS) is 10.2. The Labute approximate surface area is 108 Å². The summed E-state index contributed by atoms with van der Waals surface area (Å²) in [6, 6.07) is 3.13. The van der Waals surface area contributed by atoms with E-state index in [4.69, 9.17) is 4.74 Å². The van der Waals surface area contributed by atoms with Gasteiger partial charge in [0.2, 0.25) is 5.91 Å². The summed E-state index contributed by atoms with van der Waals surface area (Å²) < 4.78 is 4.69. The molecule has 0 aliphatic heterocycles. The van der Waals surface area contributed by atoms with Gasteiger partial charge in [-0.05, 0) is 12.1 Å². The third-order valence-corrected chi connectivity index (χ3v) is 2.66. The van der Waals surface area contributed by atoms with E-state index in [-0.39, 0.29) is 11.5 Å². The Morgan fingerprint density at radius 3 is 2.68 bits per heavy atom. The van der Waals surface area contributed by atoms with Crippen molar-refractivity contribution in [3.63, 3.8) is 0 Å². The first-order valence-electron chi connectivity index (χ1n) is 5.53. The van der Waals surface area contributed by atoms with Crippen LogP contribution in [0.2, 0.25) is 0 Å². The second-order valence-electron chi connectivity index (χ2n) is 3.98. The molecule has 6 heteroatoms. The molecule has 2 aromatic rings. The number of carbonyl (C=O) groups excluding carboxylic acids is 3. The molecule has 1 amide bonds. The van der Waals surface area contributed by atoms with Crippen LogP contribution in [-0.2, 0) is 9.53 Å². The molecule has 2 N–H and O–H groups in total. The van der Waals surface area contributed by atoms with Gasteiger partial charge in [0.05, 0.1) is 12.7 Å². The van der Waals surface area contributed by atoms with Gasteiger partial charge in [-0.3, -0.25) is 9.59 Å². The first kappa shape index (κ1) is 12.8. The fourth-order valence-electron chi connectivity index (χ4n) is 1.93. The Balaban J connectivity index is 2.70. The predicted octanol–water partition coefficient (Wildman–Crippen LogP) is 1.73. The number of benzene rings is 1. The first-order chi connectivity index (χ1) is 9.06. The van der Waals surface area contributed by atoms with E-state index in [1.165, 1.54) is 26.3 Å². The number of hydrogen-bond acceptors (Lipinski definition) is 4. The van der Waals surface area contributed by atoms with Crippen LogP contribution < -0.4 is 5.32 Å². The van der Waals surface area contributed by atoms with Crippen molar-refractivity contribution in [3.8, 4) is 0 Å². The van der Waals surface area contributed by atoms with E-state index in [0.717, 1.165) is 0 Å². The predicted molar refractivity (Wildman–Crippen MR) is 69.3 cm³/mol. The molecule has 0 saturated carbocycles. The van der Waals surface area contributed by atoms with E-state index in [2.05, 4.69) is 10.3 Å². The molecule has 0 radical (unpaired) electrons. The second-order valence-corrected chi connectivity index (χ2v) is 3.98. The summed E-state index contributed by atoms with van der Waals surface area (Å²) in [5, 5.41) is 3.07. The summed E-state index contributed by atoms with van der Waals surface area (Å²) in [7, 11) is 1.26. The van der Waals surface area contributed by atoms with Crippen molar-refractivity contribution in [1.29, 1.82) is 0 Å². The van der Waals surface area contributed by atoms with Crippen LogP contribution in [0.1, 0.15) is 27.6 Å². The van der Waals surface area contributed by atoms with Gasteiger partial charge < -0.3 is 15.0 Å². The average Bonchev–Trinajstić information content (AvgIpc) is 2.79. The lowest BCUT2D eigenvalue weighted by molar-refractivity contribution is -0.114. The fourth-order valence-corrected chi connectivity index (χ4v) is 1.93. The van der Waals surface area contributed by atoms with Gasteiger partial charge in [0.15, 0.2) is 6.29 Å². The molecule has 0 aliphatic carbocycles. The van der Waals surface area contributed by atoms with Crippen molar-refractivity contribution in [2.75, 3.05) is 12.4 Å². The van der Waals surface area contributed by atoms with Gasteiger partial charge in [-0.15, -0.1) is 0 Å². The van der Waals surface area contributed by atoms with Crippen LogP contribution in [-0.4, -0.2) is 30.3 Å². The number of anilines is 1. The highest BCUT2D eigenvalue weighted by atomic mass is 16.5. The average molecular weight is 260 g/mol. The third kappa shape index (κ3) is 2.33. The van der Waals surface area contributed by atoms with Crippen LogP contribution in [0.4, 0.5) is 5.69 Å². The van der Waals surface area contributed by atoms with Gasteiger partial charge in [0, 0.05) is 35.3 Å². The summed E-state index contributed by atoms with van der Waals surface area (Å²) in [6.07, 6.45) is 2.16. The standard InChI is InChI=1S/C13H12N2O4/c1-7(17)15-9-3-10(13(18)19-2)12-8(6-16)5-14-11(12)4-9/h3-6,14H,1-2H3,(H,15,17). The van der Waals surface area contributed by atoms with Crippen LogP contribution in [0.25, 0.3) is 10.9 Å². The van der Waals surface area contributed by atoms with Gasteiger partial charge in [-0.1, -0.05) is 0 Å². The number of aldehydes is 1. The van der Waals surface area contributed by atoms with Crippen molar-refractivity contribution >= 4 is 34.8 Å². The van der Waals surface area contributed by atoms with Crippen LogP contribution in [0, 0.1) is 0 Å². The van der Waals surface area contributed by atoms with Gasteiger partial charge >= 0.3 is 5.97 Å². The molecular formula is C13H12N2O4. The van der Waals surface area contributed by atoms with Crippen LogP contribution in [0.5, 0.6) is 0 Å². The maximum Gasteiger partial charge on any atom is 0.338 e. The Morgan fingerprint density at radius 1 is 1.37 bits per heavy atom. The zero-order valence-electron chi connectivity index (χ0n) is 10.4. The minimum absolute atomic E-state index is 0.229. The summed E-state index contributed by atoms with van der Waals surface area (Å²) in [6.45, 7) is 1.37. The van der Waals surface area contributed by atoms with Crippen LogP contribution in [0.15, 0.2) is 18.3 Å². The molecule has 19 heavy (non-hydrogen) atoms. The maximum absolute atomic E-state index is 11.8. The van der Waals surface area contributed by atoms with Crippen molar-refractivity contribution in [2.24, 2.45) is 0 Å². The fraction of sp³-hybridized carbons (Fsp3) is 0.154. The topological polar surface area (TPSA) is 88.3 Å². The Kier molecular flexibility index (Phi) is 3.33. The smallest absolute Gasteiger partial charge is 0.338 e. The molecule has 0 unspecified atom stereocenters. The lowest BCUT2D eigenvalue weighted by Crippen LogP contribution is -2.08. The molecule has 98 valence electrons. The van der Waals surface area contributed by atoms with Gasteiger partial charge in [0.1, 0.15) is 0 Å². The molecule has 0 aliphatic rings. The molecule has 0 atom stereocenters. The molecule has 1 aromatic heterocycles. The Morgan fingerprint density at radius 2 is 2.11 bits per heavy atom. The first-order valence-corrected chi connectivity index (χ1v) is 5.53. The van der Waals surface area contributed by atoms with E-state index in [9.17, 15) is 14.4 Å². The molecule has 0 saturated heterocycles. The molecule has 0 fully saturated rings. The molecule has 1 aromatic carbocycles. The lowest BCUT2D eigenvalue weighted by atomic mass is 10.1. The number of methoxy groups -OCH3 is 1. The summed E-state index contributed by atoms with van der Waals surface area (Å²) >= 11 is 0. The number of fused-ring (bicyclic) bond motifs is 1. The number of nitrogens with one attached hydrogen (secondary N) is 2. The maximum atomic E-state index is 11.8. The van der Waals surface area contributed by atoms with Crippen molar-refractivity contribution in [3.05, 3.63) is 29.5 Å². The van der Waals surface area contributed by atoms with Crippen molar-refractivity contribution < 1.29 is 19.1 Å². The zero-order valence-corrected chi connectivity index (χ0v) is 10.4. The highest BCUT2D eigenvalue weighted by molar-refractivity contribution is 6.11. The second kappa shape index (κ2) is 4.93. The number of aromatic nitrogens is 1. The number of esters is 1. The number of carbonyl (C=O) groups is 3. The molecule has 6 nitrogen and oxygen atoms in total. The summed E-state index contributed by atoms with van der Waals surface area (Å²) in [4.78, 5) is 36.7. The summed E-state index contributed by atoms with van der Waals surface area (Å²) in [5.74, 6) is -0.822. The molecule has 2 rings (SSSR count). The SMILES string of the molecule is COC(=O)c1cc(NC(C)=O)cc2[nH]cc(C=O)c12. The highest BCUT2D eigenvalue weighted by Gasteiger charge is 2.16. The monoisotopic (exact) mass is 260 g/mol. The zero-order chi connectivity index (χ0) is 14.0. The third-order valence-electron chi connectivity index (χ3n) is 2.66. The molecular weight excluding hydrogens is 248 g/mol. The highest BCUT2D eigenvalue weighted by Crippen LogP contribution is 2.26. The molecule has 0 spiro atoms. The number of hydrogen-bond donors (Lipinski definition) is 2. The quantitative estimate of drug-likeness (QED) is 0.649. The Hall–Kier alpha value is -2.63. The number of ether oxygens (including phenoxy) is 1. The minimum atomic E-state index is -0.570. The van der Waals surface area contributed by atoms with E-state index < -0.39 is 5.97 Å². The molecule has 0 bridgehead atoms. The van der Waals surface area contributed by atoms with E-state index in [0.29, 0.717) is 28.4 Å². The Bertz CT molecular complexity index is 673. The lowest BCUT2D eigenvalue weighted by Gasteiger charge is -2.07. The van der Waals surface area contributed by atoms with Gasteiger partial charge in [-0.25, -0.2) is 4.79 Å². The minimum Gasteiger partial charge on any atom is -0.465 e. The van der Waals surface area contributed by atoms with E-state index >= 15 is 0 Å². The number of amides is 1.